The maximum Gasteiger partial charge on any atom is 0.176 e. The molecule has 102 valence electrons. The summed E-state index contributed by atoms with van der Waals surface area (Å²) in [6.07, 6.45) is 12.7. The summed E-state index contributed by atoms with van der Waals surface area (Å²) in [5.41, 5.74) is 1.33. The van der Waals surface area contributed by atoms with Crippen molar-refractivity contribution in [3.05, 3.63) is 42.2 Å². The lowest BCUT2D eigenvalue weighted by atomic mass is 10.1. The highest BCUT2D eigenvalue weighted by molar-refractivity contribution is 5.81. The smallest absolute Gasteiger partial charge is 0.176 e. The predicted octanol–water partition coefficient (Wildman–Crippen LogP) is 4.80. The van der Waals surface area contributed by atoms with Crippen LogP contribution in [0.15, 0.2) is 36.7 Å². The van der Waals surface area contributed by atoms with Gasteiger partial charge in [0.1, 0.15) is 6.54 Å². The van der Waals surface area contributed by atoms with Crippen LogP contribution in [0.3, 0.4) is 0 Å². The number of aryl methyl sites for hydroxylation is 2. The van der Waals surface area contributed by atoms with E-state index in [0.29, 0.717) is 0 Å². The summed E-state index contributed by atoms with van der Waals surface area (Å²) >= 11 is 0. The summed E-state index contributed by atoms with van der Waals surface area (Å²) in [5.74, 6) is 0. The Morgan fingerprint density at radius 3 is 2.53 bits per heavy atom. The highest BCUT2D eigenvalue weighted by Gasteiger charge is 2.03. The summed E-state index contributed by atoms with van der Waals surface area (Å²) in [7, 11) is 0. The second kappa shape index (κ2) is 7.28. The topological polar surface area (TPSA) is 3.88 Å². The Morgan fingerprint density at radius 2 is 1.68 bits per heavy atom. The molecule has 0 fully saturated rings. The van der Waals surface area contributed by atoms with E-state index < -0.39 is 0 Å². The van der Waals surface area contributed by atoms with E-state index in [9.17, 15) is 0 Å². The van der Waals surface area contributed by atoms with E-state index in [4.69, 9.17) is 0 Å². The van der Waals surface area contributed by atoms with Gasteiger partial charge in [-0.1, -0.05) is 50.3 Å². The summed E-state index contributed by atoms with van der Waals surface area (Å²) < 4.78 is 2.33. The first-order valence-corrected chi connectivity index (χ1v) is 7.69. The second-order valence-corrected chi connectivity index (χ2v) is 5.58. The van der Waals surface area contributed by atoms with E-state index in [0.717, 1.165) is 6.54 Å². The number of aromatic nitrogens is 1. The van der Waals surface area contributed by atoms with Crippen molar-refractivity contribution in [3.8, 4) is 0 Å². The molecule has 0 saturated carbocycles. The number of benzene rings is 1. The minimum Gasteiger partial charge on any atom is -0.205 e. The molecule has 2 aromatic rings. The van der Waals surface area contributed by atoms with Crippen LogP contribution in [-0.2, 0) is 6.54 Å². The van der Waals surface area contributed by atoms with Crippen molar-refractivity contribution in [1.29, 1.82) is 0 Å². The Labute approximate surface area is 117 Å². The average molecular weight is 256 g/mol. The molecule has 0 saturated heterocycles. The monoisotopic (exact) mass is 256 g/mol. The van der Waals surface area contributed by atoms with Crippen molar-refractivity contribution >= 4 is 10.8 Å². The lowest BCUT2D eigenvalue weighted by Crippen LogP contribution is -2.32. The van der Waals surface area contributed by atoms with Gasteiger partial charge in [-0.2, -0.15) is 0 Å². The van der Waals surface area contributed by atoms with Crippen LogP contribution in [0, 0.1) is 6.92 Å². The van der Waals surface area contributed by atoms with E-state index in [2.05, 4.69) is 55.1 Å². The second-order valence-electron chi connectivity index (χ2n) is 5.58. The van der Waals surface area contributed by atoms with Crippen LogP contribution in [-0.4, -0.2) is 0 Å². The van der Waals surface area contributed by atoms with E-state index in [-0.39, 0.29) is 0 Å². The molecule has 0 radical (unpaired) electrons. The van der Waals surface area contributed by atoms with Crippen LogP contribution in [0.5, 0.6) is 0 Å². The van der Waals surface area contributed by atoms with E-state index in [1.54, 1.807) is 0 Å². The minimum absolute atomic E-state index is 1.15. The normalized spacial score (nSPS) is 11.1. The number of fused-ring (bicyclic) bond motifs is 1. The first-order chi connectivity index (χ1) is 9.29. The SMILES string of the molecule is CCCCCCCC[n+]1ccc2cc(C)ccc2c1. The molecular formula is C18H26N+. The maximum absolute atomic E-state index is 2.33. The largest absolute Gasteiger partial charge is 0.205 e. The Bertz CT molecular complexity index is 516. The lowest BCUT2D eigenvalue weighted by molar-refractivity contribution is -0.696. The van der Waals surface area contributed by atoms with Gasteiger partial charge >= 0.3 is 0 Å². The van der Waals surface area contributed by atoms with Crippen molar-refractivity contribution in [1.82, 2.24) is 0 Å². The molecule has 2 rings (SSSR count). The fourth-order valence-electron chi connectivity index (χ4n) is 2.57. The summed E-state index contributed by atoms with van der Waals surface area (Å²) in [4.78, 5) is 0. The Hall–Kier alpha value is -1.37. The number of pyridine rings is 1. The number of nitrogens with zero attached hydrogens (tertiary/aromatic N) is 1. The lowest BCUT2D eigenvalue weighted by Gasteiger charge is -2.01. The fourth-order valence-corrected chi connectivity index (χ4v) is 2.57. The van der Waals surface area contributed by atoms with Crippen LogP contribution in [0.1, 0.15) is 51.0 Å². The van der Waals surface area contributed by atoms with Crippen LogP contribution < -0.4 is 4.57 Å². The first kappa shape index (κ1) is 14.0. The Morgan fingerprint density at radius 1 is 0.895 bits per heavy atom. The van der Waals surface area contributed by atoms with E-state index in [1.165, 1.54) is 54.9 Å². The van der Waals surface area contributed by atoms with Gasteiger partial charge in [-0.3, -0.25) is 0 Å². The van der Waals surface area contributed by atoms with Gasteiger partial charge in [-0.25, -0.2) is 4.57 Å². The van der Waals surface area contributed by atoms with Crippen molar-refractivity contribution in [2.75, 3.05) is 0 Å². The van der Waals surface area contributed by atoms with Gasteiger partial charge in [-0.15, -0.1) is 0 Å². The third kappa shape index (κ3) is 4.34. The molecule has 0 bridgehead atoms. The van der Waals surface area contributed by atoms with Gasteiger partial charge in [0.15, 0.2) is 12.4 Å². The molecule has 0 aliphatic carbocycles. The third-order valence-electron chi connectivity index (χ3n) is 3.76. The molecule has 0 atom stereocenters. The number of unbranched alkanes of at least 4 members (excludes halogenated alkanes) is 5. The van der Waals surface area contributed by atoms with Crippen LogP contribution in [0.25, 0.3) is 10.8 Å². The van der Waals surface area contributed by atoms with Gasteiger partial charge in [0.2, 0.25) is 0 Å². The van der Waals surface area contributed by atoms with E-state index >= 15 is 0 Å². The average Bonchev–Trinajstić information content (AvgIpc) is 2.43. The molecule has 0 N–H and O–H groups in total. The zero-order chi connectivity index (χ0) is 13.5. The highest BCUT2D eigenvalue weighted by atomic mass is 14.9. The molecule has 19 heavy (non-hydrogen) atoms. The number of hydrogen-bond acceptors (Lipinski definition) is 0. The summed E-state index contributed by atoms with van der Waals surface area (Å²) in [6, 6.07) is 8.91. The standard InChI is InChI=1S/C18H26N/c1-3-4-5-6-7-8-12-19-13-11-17-14-16(2)9-10-18(17)15-19/h9-11,13-15H,3-8,12H2,1-2H3/q+1. The molecule has 0 aliphatic heterocycles. The molecule has 0 spiro atoms. The number of rotatable bonds is 7. The van der Waals surface area contributed by atoms with Crippen LogP contribution in [0.2, 0.25) is 0 Å². The molecule has 1 heterocycles. The molecule has 1 aromatic heterocycles. The number of hydrogen-bond donors (Lipinski definition) is 0. The van der Waals surface area contributed by atoms with Gasteiger partial charge in [0.25, 0.3) is 0 Å². The third-order valence-corrected chi connectivity index (χ3v) is 3.76. The van der Waals surface area contributed by atoms with Crippen LogP contribution >= 0.6 is 0 Å². The minimum atomic E-state index is 1.15. The molecule has 1 aromatic carbocycles. The van der Waals surface area contributed by atoms with Gasteiger partial charge in [0.05, 0.1) is 0 Å². The molecule has 1 heteroatoms. The summed E-state index contributed by atoms with van der Waals surface area (Å²) in [6.45, 7) is 5.57. The highest BCUT2D eigenvalue weighted by Crippen LogP contribution is 2.13. The molecule has 0 amide bonds. The summed E-state index contributed by atoms with van der Waals surface area (Å²) in [5, 5.41) is 2.69. The zero-order valence-corrected chi connectivity index (χ0v) is 12.4. The van der Waals surface area contributed by atoms with Crippen molar-refractivity contribution in [3.63, 3.8) is 0 Å². The molecular weight excluding hydrogens is 230 g/mol. The van der Waals surface area contributed by atoms with Crippen molar-refractivity contribution in [2.45, 2.75) is 58.9 Å². The molecule has 1 nitrogen and oxygen atoms in total. The Kier molecular flexibility index (Phi) is 5.38. The van der Waals surface area contributed by atoms with Crippen LogP contribution in [0.4, 0.5) is 0 Å². The van der Waals surface area contributed by atoms with Crippen molar-refractivity contribution in [2.24, 2.45) is 0 Å². The van der Waals surface area contributed by atoms with Gasteiger partial charge in [0, 0.05) is 17.9 Å². The van der Waals surface area contributed by atoms with Gasteiger partial charge < -0.3 is 0 Å². The maximum atomic E-state index is 2.33. The quantitative estimate of drug-likeness (QED) is 0.495. The molecule has 0 aliphatic rings. The van der Waals surface area contributed by atoms with E-state index in [1.807, 2.05) is 0 Å². The Balaban J connectivity index is 1.86. The predicted molar refractivity (Wildman–Crippen MR) is 82.3 cm³/mol. The zero-order valence-electron chi connectivity index (χ0n) is 12.4. The van der Waals surface area contributed by atoms with Gasteiger partial charge in [-0.05, 0) is 24.8 Å². The fraction of sp³-hybridized carbons (Fsp3) is 0.500. The van der Waals surface area contributed by atoms with Crippen molar-refractivity contribution < 1.29 is 4.57 Å². The molecule has 0 unspecified atom stereocenters. The first-order valence-electron chi connectivity index (χ1n) is 7.69.